The highest BCUT2D eigenvalue weighted by molar-refractivity contribution is 5.72. The molecule has 1 atom stereocenters. The Hall–Kier alpha value is -1.62. The number of unbranched alkanes of at least 4 members (excludes halogenated alkanes) is 1. The molecule has 0 aliphatic heterocycles. The molecule has 28 heavy (non-hydrogen) atoms. The molecule has 166 valence electrons. The van der Waals surface area contributed by atoms with Crippen LogP contribution in [0.15, 0.2) is 0 Å². The van der Waals surface area contributed by atoms with E-state index in [9.17, 15) is 44.7 Å². The Morgan fingerprint density at radius 1 is 0.929 bits per heavy atom. The van der Waals surface area contributed by atoms with Crippen molar-refractivity contribution >= 4 is 11.9 Å². The second-order valence-corrected chi connectivity index (χ2v) is 6.16. The molecule has 0 radical (unpaired) electrons. The Morgan fingerprint density at radius 2 is 1.46 bits per heavy atom. The van der Waals surface area contributed by atoms with Gasteiger partial charge in [-0.1, -0.05) is 19.8 Å². The first-order valence-corrected chi connectivity index (χ1v) is 8.45. The monoisotopic (exact) mass is 430 g/mol. The number of esters is 2. The minimum atomic E-state index is -6.44. The third-order valence-electron chi connectivity index (χ3n) is 3.63. The van der Waals surface area contributed by atoms with Crippen molar-refractivity contribution in [2.24, 2.45) is 0 Å². The molecule has 1 unspecified atom stereocenters. The molecule has 0 aromatic rings. The van der Waals surface area contributed by atoms with E-state index in [-0.39, 0.29) is 18.9 Å². The zero-order valence-electron chi connectivity index (χ0n) is 15.3. The smallest absolute Gasteiger partial charge is 0.381 e. The number of carbonyl (C=O) groups is 2. The lowest BCUT2D eigenvalue weighted by atomic mass is 10.1. The number of ether oxygens (including phenoxy) is 2. The average molecular weight is 430 g/mol. The van der Waals surface area contributed by atoms with Gasteiger partial charge in [-0.05, 0) is 19.8 Å². The number of hydrogen-bond donors (Lipinski definition) is 0. The molecule has 0 aliphatic carbocycles. The van der Waals surface area contributed by atoms with E-state index in [0.29, 0.717) is 6.42 Å². The minimum Gasteiger partial charge on any atom is -0.463 e. The SMILES string of the molecule is CCCCC(C)OC(=O)CCCC(=O)OCC(F)(F)C(F)(F)C(F)(F)C(F)F. The van der Waals surface area contributed by atoms with Gasteiger partial charge in [-0.2, -0.15) is 26.3 Å². The highest BCUT2D eigenvalue weighted by atomic mass is 19.4. The lowest BCUT2D eigenvalue weighted by Gasteiger charge is -2.31. The summed E-state index contributed by atoms with van der Waals surface area (Å²) in [6.07, 6.45) is -4.26. The van der Waals surface area contributed by atoms with Crippen LogP contribution in [0.4, 0.5) is 35.1 Å². The van der Waals surface area contributed by atoms with Gasteiger partial charge < -0.3 is 9.47 Å². The molecule has 0 spiro atoms. The summed E-state index contributed by atoms with van der Waals surface area (Å²) in [4.78, 5) is 22.7. The maximum Gasteiger partial charge on any atom is 0.381 e. The number of halogens is 8. The van der Waals surface area contributed by atoms with E-state index in [4.69, 9.17) is 4.74 Å². The molecule has 0 aromatic heterocycles. The van der Waals surface area contributed by atoms with Gasteiger partial charge >= 0.3 is 36.1 Å². The fourth-order valence-electron chi connectivity index (χ4n) is 1.93. The van der Waals surface area contributed by atoms with Gasteiger partial charge in [-0.15, -0.1) is 0 Å². The van der Waals surface area contributed by atoms with Gasteiger partial charge in [0.15, 0.2) is 6.61 Å². The summed E-state index contributed by atoms with van der Waals surface area (Å²) in [6.45, 7) is 1.08. The Bertz CT molecular complexity index is 511. The summed E-state index contributed by atoms with van der Waals surface area (Å²) in [5.41, 5.74) is 0. The fourth-order valence-corrected chi connectivity index (χ4v) is 1.93. The molecule has 0 fully saturated rings. The molecule has 0 saturated carbocycles. The molecule has 12 heteroatoms. The van der Waals surface area contributed by atoms with Gasteiger partial charge in [0.25, 0.3) is 0 Å². The summed E-state index contributed by atoms with van der Waals surface area (Å²) < 4.78 is 110. The summed E-state index contributed by atoms with van der Waals surface area (Å²) in [5.74, 6) is -20.6. The third kappa shape index (κ3) is 7.42. The van der Waals surface area contributed by atoms with E-state index in [1.165, 1.54) is 0 Å². The first-order chi connectivity index (χ1) is 12.7. The molecule has 4 nitrogen and oxygen atoms in total. The average Bonchev–Trinajstić information content (AvgIpc) is 2.57. The van der Waals surface area contributed by atoms with E-state index in [1.54, 1.807) is 6.92 Å². The molecule has 0 amide bonds. The van der Waals surface area contributed by atoms with E-state index in [1.807, 2.05) is 6.92 Å². The van der Waals surface area contributed by atoms with E-state index < -0.39 is 49.2 Å². The van der Waals surface area contributed by atoms with E-state index >= 15 is 0 Å². The number of alkyl halides is 8. The van der Waals surface area contributed by atoms with Gasteiger partial charge in [0.2, 0.25) is 0 Å². The minimum absolute atomic E-state index is 0.229. The highest BCUT2D eigenvalue weighted by Crippen LogP contribution is 2.48. The summed E-state index contributed by atoms with van der Waals surface area (Å²) in [7, 11) is 0. The van der Waals surface area contributed by atoms with Crippen molar-refractivity contribution in [2.45, 2.75) is 82.7 Å². The van der Waals surface area contributed by atoms with Crippen molar-refractivity contribution in [1.82, 2.24) is 0 Å². The summed E-state index contributed by atoms with van der Waals surface area (Å²) >= 11 is 0. The second-order valence-electron chi connectivity index (χ2n) is 6.16. The number of carbonyl (C=O) groups excluding carboxylic acids is 2. The van der Waals surface area contributed by atoms with Gasteiger partial charge in [-0.25, -0.2) is 8.78 Å². The molecule has 0 aliphatic rings. The lowest BCUT2D eigenvalue weighted by Crippen LogP contribution is -2.59. The van der Waals surface area contributed by atoms with Crippen LogP contribution >= 0.6 is 0 Å². The number of rotatable bonds is 13. The van der Waals surface area contributed by atoms with Crippen molar-refractivity contribution in [2.75, 3.05) is 6.61 Å². The second kappa shape index (κ2) is 10.8. The number of hydrogen-bond acceptors (Lipinski definition) is 4. The van der Waals surface area contributed by atoms with Gasteiger partial charge in [0.1, 0.15) is 0 Å². The third-order valence-corrected chi connectivity index (χ3v) is 3.63. The van der Waals surface area contributed by atoms with Crippen LogP contribution < -0.4 is 0 Å². The van der Waals surface area contributed by atoms with Crippen LogP contribution in [0.3, 0.4) is 0 Å². The Labute approximate surface area is 156 Å². The van der Waals surface area contributed by atoms with Crippen molar-refractivity contribution < 1.29 is 54.2 Å². The molecular formula is C16H22F8O4. The van der Waals surface area contributed by atoms with Crippen molar-refractivity contribution in [3.63, 3.8) is 0 Å². The Kier molecular flexibility index (Phi) is 10.2. The molecule has 0 rings (SSSR count). The Balaban J connectivity index is 4.42. The van der Waals surface area contributed by atoms with Crippen LogP contribution in [0.5, 0.6) is 0 Å². The van der Waals surface area contributed by atoms with Crippen molar-refractivity contribution in [3.05, 3.63) is 0 Å². The largest absolute Gasteiger partial charge is 0.463 e. The molecule has 0 heterocycles. The maximum absolute atomic E-state index is 13.2. The standard InChI is InChI=1S/C16H22F8O4/c1-3-4-6-10(2)28-12(26)8-5-7-11(25)27-9-14(19,20)16(23,24)15(21,22)13(17)18/h10,13H,3-9H2,1-2H3. The predicted molar refractivity (Wildman–Crippen MR) is 80.7 cm³/mol. The molecular weight excluding hydrogens is 408 g/mol. The Morgan fingerprint density at radius 3 is 1.96 bits per heavy atom. The van der Waals surface area contributed by atoms with Crippen molar-refractivity contribution in [1.29, 1.82) is 0 Å². The summed E-state index contributed by atoms with van der Waals surface area (Å²) in [5, 5.41) is 0. The van der Waals surface area contributed by atoms with Gasteiger partial charge in [0.05, 0.1) is 6.10 Å². The van der Waals surface area contributed by atoms with Crippen LogP contribution in [0.1, 0.15) is 52.4 Å². The normalized spacial score (nSPS) is 14.1. The van der Waals surface area contributed by atoms with E-state index in [2.05, 4.69) is 4.74 Å². The van der Waals surface area contributed by atoms with Crippen LogP contribution in [-0.2, 0) is 19.1 Å². The van der Waals surface area contributed by atoms with Crippen LogP contribution in [0, 0.1) is 0 Å². The van der Waals surface area contributed by atoms with Crippen LogP contribution in [0.25, 0.3) is 0 Å². The topological polar surface area (TPSA) is 52.6 Å². The first kappa shape index (κ1) is 26.4. The highest BCUT2D eigenvalue weighted by Gasteiger charge is 2.75. The molecule has 0 saturated heterocycles. The lowest BCUT2D eigenvalue weighted by molar-refractivity contribution is -0.344. The van der Waals surface area contributed by atoms with Crippen LogP contribution in [0.2, 0.25) is 0 Å². The maximum atomic E-state index is 13.2. The fraction of sp³-hybridized carbons (Fsp3) is 0.875. The molecule has 0 aromatic carbocycles. The van der Waals surface area contributed by atoms with Gasteiger partial charge in [-0.3, -0.25) is 9.59 Å². The van der Waals surface area contributed by atoms with Crippen LogP contribution in [-0.4, -0.2) is 48.8 Å². The van der Waals surface area contributed by atoms with E-state index in [0.717, 1.165) is 12.8 Å². The quantitative estimate of drug-likeness (QED) is 0.305. The first-order valence-electron chi connectivity index (χ1n) is 8.45. The van der Waals surface area contributed by atoms with Gasteiger partial charge in [0, 0.05) is 12.8 Å². The predicted octanol–water partition coefficient (Wildman–Crippen LogP) is 4.99. The molecule has 0 bridgehead atoms. The van der Waals surface area contributed by atoms with Crippen molar-refractivity contribution in [3.8, 4) is 0 Å². The summed E-state index contributed by atoms with van der Waals surface area (Å²) in [6, 6.07) is 0. The zero-order valence-corrected chi connectivity index (χ0v) is 15.3. The zero-order chi connectivity index (χ0) is 22.2. The molecule has 0 N–H and O–H groups in total.